The number of rotatable bonds is 7. The molecule has 0 bridgehead atoms. The first-order valence-electron chi connectivity index (χ1n) is 9.82. The summed E-state index contributed by atoms with van der Waals surface area (Å²) in [4.78, 5) is 42.7. The number of urea groups is 1. The van der Waals surface area contributed by atoms with Crippen molar-refractivity contribution in [2.75, 3.05) is 17.3 Å². The lowest BCUT2D eigenvalue weighted by Crippen LogP contribution is -2.37. The number of nitrogens with zero attached hydrogens (tertiary/aromatic N) is 2. The fraction of sp³-hybridized carbons (Fsp3) is 0.174. The second kappa shape index (κ2) is 9.42. The molecule has 2 heterocycles. The molecule has 1 atom stereocenters. The van der Waals surface area contributed by atoms with Crippen LogP contribution < -0.4 is 15.0 Å². The molecule has 1 aliphatic rings. The monoisotopic (exact) mass is 469 g/mol. The third-order valence-electron chi connectivity index (χ3n) is 5.04. The third-order valence-corrected chi connectivity index (χ3v) is 6.14. The summed E-state index contributed by atoms with van der Waals surface area (Å²) in [5.41, 5.74) is 0.950. The van der Waals surface area contributed by atoms with Gasteiger partial charge in [0.05, 0.1) is 25.8 Å². The van der Waals surface area contributed by atoms with Crippen LogP contribution in [0.3, 0.4) is 0 Å². The fourth-order valence-corrected chi connectivity index (χ4v) is 4.39. The van der Waals surface area contributed by atoms with Gasteiger partial charge in [-0.3, -0.25) is 9.59 Å². The number of anilines is 2. The maximum atomic E-state index is 13.3. The molecular weight excluding hydrogens is 450 g/mol. The van der Waals surface area contributed by atoms with Crippen molar-refractivity contribution in [2.24, 2.45) is 0 Å². The zero-order chi connectivity index (χ0) is 22.7. The Kier molecular flexibility index (Phi) is 6.43. The Balaban J connectivity index is 1.57. The highest BCUT2D eigenvalue weighted by molar-refractivity contribution is 7.09. The van der Waals surface area contributed by atoms with Gasteiger partial charge in [-0.25, -0.2) is 9.69 Å². The van der Waals surface area contributed by atoms with E-state index in [1.165, 1.54) is 16.2 Å². The molecule has 1 saturated heterocycles. The highest BCUT2D eigenvalue weighted by Gasteiger charge is 2.46. The molecule has 4 amide bonds. The minimum absolute atomic E-state index is 0.168. The minimum Gasteiger partial charge on any atom is -0.497 e. The molecule has 0 aliphatic carbocycles. The summed E-state index contributed by atoms with van der Waals surface area (Å²) < 4.78 is 5.12. The first-order chi connectivity index (χ1) is 15.5. The molecule has 32 heavy (non-hydrogen) atoms. The van der Waals surface area contributed by atoms with Crippen LogP contribution in [0.1, 0.15) is 11.3 Å². The summed E-state index contributed by atoms with van der Waals surface area (Å²) in [6.07, 6.45) is -0.168. The van der Waals surface area contributed by atoms with E-state index in [-0.39, 0.29) is 18.9 Å². The number of thiophene rings is 1. The summed E-state index contributed by atoms with van der Waals surface area (Å²) >= 11 is 7.55. The molecule has 4 rings (SSSR count). The van der Waals surface area contributed by atoms with Crippen molar-refractivity contribution in [3.63, 3.8) is 0 Å². The zero-order valence-corrected chi connectivity index (χ0v) is 18.7. The van der Waals surface area contributed by atoms with Crippen molar-refractivity contribution in [1.29, 1.82) is 0 Å². The Morgan fingerprint density at radius 1 is 1.12 bits per heavy atom. The smallest absolute Gasteiger partial charge is 0.332 e. The highest BCUT2D eigenvalue weighted by atomic mass is 35.5. The van der Waals surface area contributed by atoms with Gasteiger partial charge in [0.1, 0.15) is 11.8 Å². The number of ether oxygens (including phenoxy) is 1. The molecule has 0 radical (unpaired) electrons. The SMILES string of the molecule is COc1ccc(NC(=O)C[C@@H]2C(=O)N(c3cccc(Cl)c3)C(=O)N2Cc2cccs2)cc1. The van der Waals surface area contributed by atoms with Crippen LogP contribution in [-0.2, 0) is 16.1 Å². The number of halogens is 1. The van der Waals surface area contributed by atoms with E-state index in [1.54, 1.807) is 55.6 Å². The van der Waals surface area contributed by atoms with Crippen molar-refractivity contribution in [3.8, 4) is 5.75 Å². The average Bonchev–Trinajstić information content (AvgIpc) is 3.37. The predicted octanol–water partition coefficient (Wildman–Crippen LogP) is 4.78. The van der Waals surface area contributed by atoms with E-state index in [9.17, 15) is 14.4 Å². The summed E-state index contributed by atoms with van der Waals surface area (Å²) in [5.74, 6) is -0.164. The number of nitrogens with one attached hydrogen (secondary N) is 1. The molecule has 7 nitrogen and oxygen atoms in total. The van der Waals surface area contributed by atoms with Gasteiger partial charge in [-0.05, 0) is 53.9 Å². The fourth-order valence-electron chi connectivity index (χ4n) is 3.50. The van der Waals surface area contributed by atoms with Gasteiger partial charge in [0.15, 0.2) is 0 Å². The van der Waals surface area contributed by atoms with E-state index in [0.29, 0.717) is 22.1 Å². The van der Waals surface area contributed by atoms with E-state index in [4.69, 9.17) is 16.3 Å². The number of amides is 4. The lowest BCUT2D eigenvalue weighted by molar-refractivity contribution is -0.124. The first-order valence-corrected chi connectivity index (χ1v) is 11.1. The highest BCUT2D eigenvalue weighted by Crippen LogP contribution is 2.30. The van der Waals surface area contributed by atoms with Gasteiger partial charge in [-0.2, -0.15) is 0 Å². The van der Waals surface area contributed by atoms with Crippen molar-refractivity contribution in [1.82, 2.24) is 4.90 Å². The zero-order valence-electron chi connectivity index (χ0n) is 17.2. The Morgan fingerprint density at radius 2 is 1.91 bits per heavy atom. The van der Waals surface area contributed by atoms with Gasteiger partial charge < -0.3 is 15.0 Å². The van der Waals surface area contributed by atoms with Crippen LogP contribution in [0.5, 0.6) is 5.75 Å². The van der Waals surface area contributed by atoms with E-state index in [0.717, 1.165) is 9.78 Å². The molecule has 1 N–H and O–H groups in total. The lowest BCUT2D eigenvalue weighted by atomic mass is 10.1. The van der Waals surface area contributed by atoms with E-state index < -0.39 is 18.0 Å². The molecule has 9 heteroatoms. The molecule has 1 aromatic heterocycles. The lowest BCUT2D eigenvalue weighted by Gasteiger charge is -2.21. The topological polar surface area (TPSA) is 79.0 Å². The van der Waals surface area contributed by atoms with Crippen molar-refractivity contribution in [2.45, 2.75) is 19.0 Å². The van der Waals surface area contributed by atoms with Crippen molar-refractivity contribution >= 4 is 52.2 Å². The normalized spacial score (nSPS) is 15.9. The number of benzene rings is 2. The van der Waals surface area contributed by atoms with Crippen LogP contribution in [0.25, 0.3) is 0 Å². The van der Waals surface area contributed by atoms with E-state index >= 15 is 0 Å². The van der Waals surface area contributed by atoms with Crippen LogP contribution in [0.15, 0.2) is 66.0 Å². The number of hydrogen-bond donors (Lipinski definition) is 1. The van der Waals surface area contributed by atoms with E-state index in [2.05, 4.69) is 5.32 Å². The number of methoxy groups -OCH3 is 1. The van der Waals surface area contributed by atoms with Crippen molar-refractivity contribution < 1.29 is 19.1 Å². The number of imide groups is 1. The van der Waals surface area contributed by atoms with Gasteiger partial charge in [0, 0.05) is 15.6 Å². The van der Waals surface area contributed by atoms with Crippen LogP contribution in [0.2, 0.25) is 5.02 Å². The third kappa shape index (κ3) is 4.61. The van der Waals surface area contributed by atoms with E-state index in [1.807, 2.05) is 17.5 Å². The first kappa shape index (κ1) is 21.9. The standard InChI is InChI=1S/C23H20ClN3O4S/c1-31-18-9-7-16(8-10-18)25-21(28)13-20-22(29)27(17-5-2-4-15(24)12-17)23(30)26(20)14-19-6-3-11-32-19/h2-12,20H,13-14H2,1H3,(H,25,28)/t20-/m1/s1. The van der Waals surface area contributed by atoms with Crippen LogP contribution in [0, 0.1) is 0 Å². The summed E-state index contributed by atoms with van der Waals surface area (Å²) in [6, 6.07) is 15.8. The number of carbonyl (C=O) groups is 3. The van der Waals surface area contributed by atoms with Crippen LogP contribution >= 0.6 is 22.9 Å². The predicted molar refractivity (Wildman–Crippen MR) is 124 cm³/mol. The van der Waals surface area contributed by atoms with Gasteiger partial charge in [0.25, 0.3) is 5.91 Å². The second-order valence-corrected chi connectivity index (χ2v) is 8.61. The Hall–Kier alpha value is -3.36. The molecule has 2 aromatic carbocycles. The maximum absolute atomic E-state index is 13.3. The molecule has 0 spiro atoms. The quantitative estimate of drug-likeness (QED) is 0.505. The Morgan fingerprint density at radius 3 is 2.56 bits per heavy atom. The van der Waals surface area contributed by atoms with Crippen molar-refractivity contribution in [3.05, 3.63) is 75.9 Å². The van der Waals surface area contributed by atoms with Crippen LogP contribution in [-0.4, -0.2) is 35.9 Å². The molecule has 164 valence electrons. The number of hydrogen-bond acceptors (Lipinski definition) is 5. The summed E-state index contributed by atoms with van der Waals surface area (Å²) in [6.45, 7) is 0.236. The second-order valence-electron chi connectivity index (χ2n) is 7.14. The molecule has 0 unspecified atom stereocenters. The molecule has 1 fully saturated rings. The summed E-state index contributed by atoms with van der Waals surface area (Å²) in [7, 11) is 1.56. The van der Waals surface area contributed by atoms with Crippen LogP contribution in [0.4, 0.5) is 16.2 Å². The molecular formula is C23H20ClN3O4S. The summed E-state index contributed by atoms with van der Waals surface area (Å²) in [5, 5.41) is 5.09. The number of carbonyl (C=O) groups excluding carboxylic acids is 3. The van der Waals surface area contributed by atoms with Gasteiger partial charge >= 0.3 is 6.03 Å². The average molecular weight is 470 g/mol. The minimum atomic E-state index is -0.929. The van der Waals surface area contributed by atoms with Gasteiger partial charge in [-0.15, -0.1) is 11.3 Å². The Bertz CT molecular complexity index is 1130. The molecule has 0 saturated carbocycles. The Labute approximate surface area is 194 Å². The largest absolute Gasteiger partial charge is 0.497 e. The molecule has 1 aliphatic heterocycles. The molecule has 3 aromatic rings. The van der Waals surface area contributed by atoms with Gasteiger partial charge in [0.2, 0.25) is 5.91 Å². The maximum Gasteiger partial charge on any atom is 0.332 e. The van der Waals surface area contributed by atoms with Gasteiger partial charge in [-0.1, -0.05) is 23.7 Å².